The number of nitrogens with one attached hydrogen (secondary N) is 1. The lowest BCUT2D eigenvalue weighted by Gasteiger charge is -2.28. The van der Waals surface area contributed by atoms with Crippen molar-refractivity contribution in [2.24, 2.45) is 5.41 Å². The highest BCUT2D eigenvalue weighted by atomic mass is 32.1. The zero-order chi connectivity index (χ0) is 21.2. The van der Waals surface area contributed by atoms with E-state index in [2.05, 4.69) is 55.3 Å². The number of amides is 2. The van der Waals surface area contributed by atoms with Crippen LogP contribution in [0.15, 0.2) is 29.8 Å². The molecule has 1 fully saturated rings. The molecule has 1 aromatic carbocycles. The Balaban J connectivity index is 1.64. The third-order valence-corrected chi connectivity index (χ3v) is 6.31. The van der Waals surface area contributed by atoms with E-state index in [1.807, 2.05) is 19.4 Å². The van der Waals surface area contributed by atoms with E-state index in [4.69, 9.17) is 0 Å². The standard InChI is InChI=1S/C23H31N3O2S/c1-15(17-8-10-18(11-9-17)21-16(2)24-14-29-21)25-22(28)19-7-6-12-26(19)20(27)13-23(3,4)5/h8-11,14-15,19H,6-7,12-13H2,1-5H3,(H,25,28)/t15-,19-/m0/s1. The number of aromatic nitrogens is 1. The molecule has 1 aliphatic rings. The van der Waals surface area contributed by atoms with Gasteiger partial charge < -0.3 is 10.2 Å². The third kappa shape index (κ3) is 5.24. The van der Waals surface area contributed by atoms with E-state index in [1.54, 1.807) is 16.2 Å². The van der Waals surface area contributed by atoms with Crippen molar-refractivity contribution in [2.75, 3.05) is 6.54 Å². The van der Waals surface area contributed by atoms with Gasteiger partial charge >= 0.3 is 0 Å². The van der Waals surface area contributed by atoms with Gasteiger partial charge in [0.2, 0.25) is 11.8 Å². The van der Waals surface area contributed by atoms with Gasteiger partial charge in [-0.25, -0.2) is 4.98 Å². The number of benzene rings is 1. The second-order valence-electron chi connectivity index (χ2n) is 9.10. The molecular weight excluding hydrogens is 382 g/mol. The van der Waals surface area contributed by atoms with Crippen LogP contribution in [0.25, 0.3) is 10.4 Å². The normalized spacial score (nSPS) is 18.0. The fraction of sp³-hybridized carbons (Fsp3) is 0.522. The van der Waals surface area contributed by atoms with Crippen LogP contribution in [0.2, 0.25) is 0 Å². The van der Waals surface area contributed by atoms with Crippen LogP contribution < -0.4 is 5.32 Å². The van der Waals surface area contributed by atoms with Crippen molar-refractivity contribution in [3.63, 3.8) is 0 Å². The average molecular weight is 414 g/mol. The quantitative estimate of drug-likeness (QED) is 0.771. The van der Waals surface area contributed by atoms with Crippen molar-refractivity contribution in [3.8, 4) is 10.4 Å². The SMILES string of the molecule is Cc1ncsc1-c1ccc([C@H](C)NC(=O)[C@@H]2CCCN2C(=O)CC(C)(C)C)cc1. The first-order valence-corrected chi connectivity index (χ1v) is 11.1. The van der Waals surface area contributed by atoms with Gasteiger partial charge in [-0.1, -0.05) is 45.0 Å². The Morgan fingerprint density at radius 3 is 2.55 bits per heavy atom. The number of hydrogen-bond acceptors (Lipinski definition) is 4. The van der Waals surface area contributed by atoms with Crippen LogP contribution in [0.1, 0.15) is 64.3 Å². The monoisotopic (exact) mass is 413 g/mol. The third-order valence-electron chi connectivity index (χ3n) is 5.33. The number of aryl methyl sites for hydroxylation is 1. The van der Waals surface area contributed by atoms with Gasteiger partial charge in [0.15, 0.2) is 0 Å². The van der Waals surface area contributed by atoms with Crippen molar-refractivity contribution in [1.29, 1.82) is 0 Å². The summed E-state index contributed by atoms with van der Waals surface area (Å²) in [6.07, 6.45) is 2.08. The maximum Gasteiger partial charge on any atom is 0.243 e. The molecule has 3 rings (SSSR count). The molecular formula is C23H31N3O2S. The highest BCUT2D eigenvalue weighted by Gasteiger charge is 2.35. The lowest BCUT2D eigenvalue weighted by atomic mass is 9.91. The fourth-order valence-corrected chi connectivity index (χ4v) is 4.60. The van der Waals surface area contributed by atoms with Crippen LogP contribution in [0.5, 0.6) is 0 Å². The van der Waals surface area contributed by atoms with Crippen molar-refractivity contribution < 1.29 is 9.59 Å². The molecule has 0 radical (unpaired) electrons. The Hall–Kier alpha value is -2.21. The maximum atomic E-state index is 12.9. The van der Waals surface area contributed by atoms with Crippen LogP contribution in [0.4, 0.5) is 0 Å². The van der Waals surface area contributed by atoms with Crippen LogP contribution in [0, 0.1) is 12.3 Å². The highest BCUT2D eigenvalue weighted by molar-refractivity contribution is 7.13. The average Bonchev–Trinajstić information content (AvgIpc) is 3.29. The smallest absolute Gasteiger partial charge is 0.243 e. The van der Waals surface area contributed by atoms with Gasteiger partial charge in [0, 0.05) is 13.0 Å². The van der Waals surface area contributed by atoms with E-state index < -0.39 is 0 Å². The molecule has 1 saturated heterocycles. The molecule has 2 amide bonds. The molecule has 0 spiro atoms. The summed E-state index contributed by atoms with van der Waals surface area (Å²) in [5, 5.41) is 3.11. The second kappa shape index (κ2) is 8.66. The summed E-state index contributed by atoms with van der Waals surface area (Å²) in [4.78, 5) is 32.8. The molecule has 1 N–H and O–H groups in total. The Labute approximate surface area is 177 Å². The minimum absolute atomic E-state index is 0.0559. The fourth-order valence-electron chi connectivity index (χ4n) is 3.79. The van der Waals surface area contributed by atoms with Gasteiger partial charge in [0.05, 0.1) is 22.1 Å². The topological polar surface area (TPSA) is 62.3 Å². The number of carbonyl (C=O) groups is 2. The van der Waals surface area contributed by atoms with Gasteiger partial charge in [-0.3, -0.25) is 9.59 Å². The maximum absolute atomic E-state index is 12.9. The molecule has 0 unspecified atom stereocenters. The largest absolute Gasteiger partial charge is 0.348 e. The van der Waals surface area contributed by atoms with E-state index in [1.165, 1.54) is 4.88 Å². The minimum Gasteiger partial charge on any atom is -0.348 e. The first-order valence-electron chi connectivity index (χ1n) is 10.3. The Morgan fingerprint density at radius 1 is 1.28 bits per heavy atom. The molecule has 1 aliphatic heterocycles. The Kier molecular flexibility index (Phi) is 6.42. The second-order valence-corrected chi connectivity index (χ2v) is 9.96. The summed E-state index contributed by atoms with van der Waals surface area (Å²) in [6.45, 7) is 10.8. The van der Waals surface area contributed by atoms with Gasteiger partial charge in [0.25, 0.3) is 0 Å². The molecule has 2 heterocycles. The molecule has 29 heavy (non-hydrogen) atoms. The van der Waals surface area contributed by atoms with Crippen LogP contribution >= 0.6 is 11.3 Å². The highest BCUT2D eigenvalue weighted by Crippen LogP contribution is 2.29. The summed E-state index contributed by atoms with van der Waals surface area (Å²) in [7, 11) is 0. The van der Waals surface area contributed by atoms with E-state index in [9.17, 15) is 9.59 Å². The first-order chi connectivity index (χ1) is 13.7. The molecule has 5 nitrogen and oxygen atoms in total. The van der Waals surface area contributed by atoms with E-state index in [0.29, 0.717) is 13.0 Å². The van der Waals surface area contributed by atoms with Gasteiger partial charge in [-0.15, -0.1) is 11.3 Å². The predicted molar refractivity (Wildman–Crippen MR) is 118 cm³/mol. The number of carbonyl (C=O) groups excluding carboxylic acids is 2. The van der Waals surface area contributed by atoms with Gasteiger partial charge in [0.1, 0.15) is 6.04 Å². The van der Waals surface area contributed by atoms with E-state index in [-0.39, 0.29) is 29.3 Å². The Morgan fingerprint density at radius 2 is 1.97 bits per heavy atom. The zero-order valence-electron chi connectivity index (χ0n) is 18.0. The summed E-state index contributed by atoms with van der Waals surface area (Å²) in [5.74, 6) is 0.0201. The lowest BCUT2D eigenvalue weighted by Crippen LogP contribution is -2.47. The van der Waals surface area contributed by atoms with E-state index >= 15 is 0 Å². The van der Waals surface area contributed by atoms with Gasteiger partial charge in [-0.05, 0) is 43.2 Å². The molecule has 2 atom stereocenters. The van der Waals surface area contributed by atoms with E-state index in [0.717, 1.165) is 29.7 Å². The number of rotatable bonds is 5. The number of nitrogens with zero attached hydrogens (tertiary/aromatic N) is 2. The molecule has 1 aromatic heterocycles. The summed E-state index contributed by atoms with van der Waals surface area (Å²) >= 11 is 1.63. The van der Waals surface area contributed by atoms with Crippen LogP contribution in [0.3, 0.4) is 0 Å². The summed E-state index contributed by atoms with van der Waals surface area (Å²) in [5.41, 5.74) is 5.00. The van der Waals surface area contributed by atoms with Crippen LogP contribution in [-0.4, -0.2) is 34.3 Å². The van der Waals surface area contributed by atoms with Crippen LogP contribution in [-0.2, 0) is 9.59 Å². The van der Waals surface area contributed by atoms with Crippen molar-refractivity contribution in [2.45, 2.75) is 66.0 Å². The molecule has 156 valence electrons. The number of thiazole rings is 1. The van der Waals surface area contributed by atoms with Crippen molar-refractivity contribution >= 4 is 23.2 Å². The number of likely N-dealkylation sites (tertiary alicyclic amines) is 1. The number of hydrogen-bond donors (Lipinski definition) is 1. The lowest BCUT2D eigenvalue weighted by molar-refractivity contribution is -0.140. The van der Waals surface area contributed by atoms with Crippen molar-refractivity contribution in [3.05, 3.63) is 41.0 Å². The molecule has 0 bridgehead atoms. The zero-order valence-corrected chi connectivity index (χ0v) is 18.8. The summed E-state index contributed by atoms with van der Waals surface area (Å²) < 4.78 is 0. The first kappa shape index (κ1) is 21.5. The molecule has 0 aliphatic carbocycles. The summed E-state index contributed by atoms with van der Waals surface area (Å²) in [6, 6.07) is 7.79. The molecule has 0 saturated carbocycles. The predicted octanol–water partition coefficient (Wildman–Crippen LogP) is 4.72. The Bertz CT molecular complexity index is 867. The molecule has 6 heteroatoms. The van der Waals surface area contributed by atoms with Gasteiger partial charge in [-0.2, -0.15) is 0 Å². The minimum atomic E-state index is -0.355. The van der Waals surface area contributed by atoms with Crippen molar-refractivity contribution in [1.82, 2.24) is 15.2 Å². The molecule has 2 aromatic rings.